The fraction of sp³-hybridized carbons (Fsp3) is 0.962. The maximum Gasteiger partial charge on any atom is 0.306 e. The lowest BCUT2D eigenvalue weighted by molar-refractivity contribution is -0.870. The molecule has 35 heavy (non-hydrogen) atoms. The Bertz CT molecular complexity index is 554. The van der Waals surface area contributed by atoms with Crippen molar-refractivity contribution in [2.24, 2.45) is 0 Å². The van der Waals surface area contributed by atoms with Gasteiger partial charge in [-0.15, -0.1) is 0 Å². The van der Waals surface area contributed by atoms with E-state index in [4.69, 9.17) is 18.5 Å². The lowest BCUT2D eigenvalue weighted by Gasteiger charge is -2.28. The zero-order chi connectivity index (χ0) is 26.4. The van der Waals surface area contributed by atoms with Gasteiger partial charge in [-0.25, -0.2) is 0 Å². The summed E-state index contributed by atoms with van der Waals surface area (Å²) in [7, 11) is 1.35. The Morgan fingerprint density at radius 1 is 0.771 bits per heavy atom. The van der Waals surface area contributed by atoms with E-state index in [1.165, 1.54) is 64.2 Å². The summed E-state index contributed by atoms with van der Waals surface area (Å²) in [5, 5.41) is 0. The predicted molar refractivity (Wildman–Crippen MR) is 139 cm³/mol. The second kappa shape index (κ2) is 21.6. The van der Waals surface area contributed by atoms with Gasteiger partial charge in [0.15, 0.2) is 0 Å². The Balaban J connectivity index is 4.05. The molecular weight excluding hydrogens is 469 g/mol. The summed E-state index contributed by atoms with van der Waals surface area (Å²) in [6, 6.07) is 0. The van der Waals surface area contributed by atoms with Crippen molar-refractivity contribution in [2.45, 2.75) is 110 Å². The van der Waals surface area contributed by atoms with Crippen LogP contribution >= 0.6 is 7.82 Å². The van der Waals surface area contributed by atoms with Crippen LogP contribution in [0.3, 0.4) is 0 Å². The number of phosphoric ester groups is 1. The monoisotopic (exact) mass is 523 g/mol. The number of phosphoric acid groups is 1. The fourth-order valence-electron chi connectivity index (χ4n) is 3.46. The number of quaternary nitrogens is 1. The third kappa shape index (κ3) is 25.0. The van der Waals surface area contributed by atoms with E-state index in [-0.39, 0.29) is 32.2 Å². The molecule has 0 rings (SSSR count). The zero-order valence-electron chi connectivity index (χ0n) is 23.3. The summed E-state index contributed by atoms with van der Waals surface area (Å²) < 4.78 is 33.5. The first-order valence-corrected chi connectivity index (χ1v) is 15.2. The molecule has 0 fully saturated rings. The van der Waals surface area contributed by atoms with Crippen LogP contribution in [0.4, 0.5) is 0 Å². The lowest BCUT2D eigenvalue weighted by Crippen LogP contribution is -2.37. The van der Waals surface area contributed by atoms with Gasteiger partial charge in [0, 0.05) is 13.0 Å². The second-order valence-electron chi connectivity index (χ2n) is 10.4. The summed E-state index contributed by atoms with van der Waals surface area (Å²) in [6.07, 6.45) is 15.4. The molecule has 0 aromatic heterocycles. The molecule has 0 aromatic rings. The molecule has 1 unspecified atom stereocenters. The number of ether oxygens (including phenoxy) is 2. The molecule has 210 valence electrons. The van der Waals surface area contributed by atoms with E-state index >= 15 is 0 Å². The number of carbonyl (C=O) groups is 1. The van der Waals surface area contributed by atoms with E-state index < -0.39 is 13.9 Å². The maximum atomic E-state index is 12.0. The van der Waals surface area contributed by atoms with Crippen LogP contribution in [0.5, 0.6) is 0 Å². The van der Waals surface area contributed by atoms with E-state index in [2.05, 4.69) is 6.92 Å². The minimum atomic E-state index is -4.47. The van der Waals surface area contributed by atoms with Gasteiger partial charge in [0.2, 0.25) is 0 Å². The van der Waals surface area contributed by atoms with Gasteiger partial charge in [-0.1, -0.05) is 84.5 Å². The van der Waals surface area contributed by atoms with Gasteiger partial charge in [0.1, 0.15) is 19.3 Å². The van der Waals surface area contributed by atoms with Gasteiger partial charge >= 0.3 is 5.97 Å². The molecular formula is C26H54NO7P. The number of likely N-dealkylation sites (N-methyl/N-ethyl adjacent to an activating group) is 1. The first kappa shape index (κ1) is 34.5. The summed E-state index contributed by atoms with van der Waals surface area (Å²) in [5.74, 6) is -0.387. The first-order valence-electron chi connectivity index (χ1n) is 13.8. The Morgan fingerprint density at radius 3 is 1.83 bits per heavy atom. The average molecular weight is 524 g/mol. The molecule has 2 atom stereocenters. The zero-order valence-corrected chi connectivity index (χ0v) is 24.2. The molecule has 0 radical (unpaired) electrons. The van der Waals surface area contributed by atoms with Crippen LogP contribution < -0.4 is 4.89 Å². The Kier molecular flexibility index (Phi) is 21.3. The maximum absolute atomic E-state index is 12.0. The van der Waals surface area contributed by atoms with Crippen molar-refractivity contribution in [1.82, 2.24) is 0 Å². The Morgan fingerprint density at radius 2 is 1.31 bits per heavy atom. The fourth-order valence-corrected chi connectivity index (χ4v) is 4.19. The van der Waals surface area contributed by atoms with Crippen LogP contribution in [0.25, 0.3) is 0 Å². The molecule has 0 spiro atoms. The van der Waals surface area contributed by atoms with Crippen molar-refractivity contribution in [2.75, 3.05) is 54.1 Å². The molecule has 0 N–H and O–H groups in total. The van der Waals surface area contributed by atoms with Crippen molar-refractivity contribution < 1.29 is 37.3 Å². The normalized spacial score (nSPS) is 14.6. The van der Waals surface area contributed by atoms with E-state index in [0.29, 0.717) is 24.1 Å². The number of hydrogen-bond donors (Lipinski definition) is 0. The predicted octanol–water partition coefficient (Wildman–Crippen LogP) is 5.62. The van der Waals surface area contributed by atoms with Crippen LogP contribution in [0.15, 0.2) is 0 Å². The molecule has 0 bridgehead atoms. The van der Waals surface area contributed by atoms with Gasteiger partial charge in [-0.05, 0) is 12.8 Å². The lowest BCUT2D eigenvalue weighted by atomic mass is 10.1. The van der Waals surface area contributed by atoms with Crippen LogP contribution in [0.1, 0.15) is 104 Å². The van der Waals surface area contributed by atoms with Gasteiger partial charge in [0.05, 0.1) is 34.4 Å². The molecule has 0 aliphatic heterocycles. The summed E-state index contributed by atoms with van der Waals surface area (Å²) >= 11 is 0. The van der Waals surface area contributed by atoms with E-state index in [1.807, 2.05) is 28.1 Å². The Hall–Kier alpha value is -0.500. The van der Waals surface area contributed by atoms with Gasteiger partial charge < -0.3 is 27.9 Å². The van der Waals surface area contributed by atoms with Crippen molar-refractivity contribution in [3.8, 4) is 0 Å². The third-order valence-electron chi connectivity index (χ3n) is 5.63. The van der Waals surface area contributed by atoms with Gasteiger partial charge in [0.25, 0.3) is 7.82 Å². The number of hydrogen-bond acceptors (Lipinski definition) is 7. The molecule has 0 amide bonds. The number of esters is 1. The molecule has 0 aromatic carbocycles. The Labute approximate surface area is 215 Å². The molecule has 0 saturated heterocycles. The quantitative estimate of drug-likeness (QED) is 0.0663. The molecule has 0 aliphatic carbocycles. The first-order chi connectivity index (χ1) is 16.6. The summed E-state index contributed by atoms with van der Waals surface area (Å²) in [5.41, 5.74) is 0. The molecule has 0 aliphatic rings. The van der Waals surface area contributed by atoms with Crippen LogP contribution in [-0.4, -0.2) is 70.7 Å². The molecule has 0 heterocycles. The average Bonchev–Trinajstić information content (AvgIpc) is 2.76. The third-order valence-corrected chi connectivity index (χ3v) is 6.59. The van der Waals surface area contributed by atoms with Gasteiger partial charge in [-0.3, -0.25) is 9.36 Å². The van der Waals surface area contributed by atoms with Crippen LogP contribution in [-0.2, 0) is 27.9 Å². The number of rotatable bonds is 25. The molecule has 9 heteroatoms. The highest BCUT2D eigenvalue weighted by molar-refractivity contribution is 7.45. The van der Waals surface area contributed by atoms with E-state index in [0.717, 1.165) is 12.8 Å². The largest absolute Gasteiger partial charge is 0.756 e. The van der Waals surface area contributed by atoms with E-state index in [9.17, 15) is 14.3 Å². The van der Waals surface area contributed by atoms with Crippen molar-refractivity contribution in [3.05, 3.63) is 0 Å². The second-order valence-corrected chi connectivity index (χ2v) is 11.8. The highest BCUT2D eigenvalue weighted by Gasteiger charge is 2.20. The standard InChI is InChI=1S/C26H54NO7P/c1-6-8-9-10-11-12-13-14-15-16-17-18-21-31-23-25(34-26(28)19-7-2)24-33-35(29,30)32-22-20-27(3,4)5/h25H,6-24H2,1-5H3/t25-/m1/s1. The number of carbonyl (C=O) groups excluding carboxylic acids is 1. The van der Waals surface area contributed by atoms with Crippen molar-refractivity contribution >= 4 is 13.8 Å². The molecule has 8 nitrogen and oxygen atoms in total. The smallest absolute Gasteiger partial charge is 0.306 e. The summed E-state index contributed by atoms with van der Waals surface area (Å²) in [6.45, 7) is 5.02. The van der Waals surface area contributed by atoms with Crippen molar-refractivity contribution in [3.63, 3.8) is 0 Å². The van der Waals surface area contributed by atoms with Crippen molar-refractivity contribution in [1.29, 1.82) is 0 Å². The van der Waals surface area contributed by atoms with Crippen LogP contribution in [0, 0.1) is 0 Å². The van der Waals surface area contributed by atoms with Crippen LogP contribution in [0.2, 0.25) is 0 Å². The minimum Gasteiger partial charge on any atom is -0.756 e. The number of nitrogens with zero attached hydrogens (tertiary/aromatic N) is 1. The highest BCUT2D eigenvalue weighted by Crippen LogP contribution is 2.38. The molecule has 0 saturated carbocycles. The minimum absolute atomic E-state index is 0.0278. The SMILES string of the molecule is CCCCCCCCCCCCCCOC[C@H](COP(=O)([O-])OCC[N+](C)(C)C)OC(=O)CCC. The summed E-state index contributed by atoms with van der Waals surface area (Å²) in [4.78, 5) is 23.9. The number of unbranched alkanes of at least 4 members (excludes halogenated alkanes) is 11. The van der Waals surface area contributed by atoms with E-state index in [1.54, 1.807) is 0 Å². The topological polar surface area (TPSA) is 94.1 Å². The van der Waals surface area contributed by atoms with Gasteiger partial charge in [-0.2, -0.15) is 0 Å². The highest BCUT2D eigenvalue weighted by atomic mass is 31.2.